The summed E-state index contributed by atoms with van der Waals surface area (Å²) < 4.78 is 0. The molecule has 1 heterocycles. The molecule has 4 nitrogen and oxygen atoms in total. The van der Waals surface area contributed by atoms with Gasteiger partial charge in [-0.2, -0.15) is 0 Å². The van der Waals surface area contributed by atoms with Crippen LogP contribution in [-0.2, 0) is 9.59 Å². The molecule has 0 bridgehead atoms. The Hall–Kier alpha value is -1.84. The van der Waals surface area contributed by atoms with Gasteiger partial charge >= 0.3 is 0 Å². The molecular weight excluding hydrogens is 276 g/mol. The first-order chi connectivity index (χ1) is 10.4. The third kappa shape index (κ3) is 4.09. The van der Waals surface area contributed by atoms with E-state index >= 15 is 0 Å². The summed E-state index contributed by atoms with van der Waals surface area (Å²) in [7, 11) is 0. The molecule has 1 aromatic carbocycles. The minimum absolute atomic E-state index is 0.000810. The molecule has 0 radical (unpaired) electrons. The number of hydrogen-bond donors (Lipinski definition) is 1. The molecule has 4 heteroatoms. The number of nitrogens with zero attached hydrogens (tertiary/aromatic N) is 1. The van der Waals surface area contributed by atoms with Crippen LogP contribution in [0.4, 0.5) is 5.69 Å². The van der Waals surface area contributed by atoms with Crippen LogP contribution in [0.3, 0.4) is 0 Å². The molecule has 22 heavy (non-hydrogen) atoms. The maximum atomic E-state index is 12.2. The smallest absolute Gasteiger partial charge is 0.227 e. The van der Waals surface area contributed by atoms with Crippen molar-refractivity contribution in [3.8, 4) is 0 Å². The quantitative estimate of drug-likeness (QED) is 0.909. The molecule has 1 saturated heterocycles. The zero-order valence-electron chi connectivity index (χ0n) is 14.0. The third-order valence-electron chi connectivity index (χ3n) is 4.03. The zero-order valence-corrected chi connectivity index (χ0v) is 14.0. The van der Waals surface area contributed by atoms with Gasteiger partial charge in [0.15, 0.2) is 0 Å². The Kier molecular flexibility index (Phi) is 5.22. The molecular formula is C18H26N2O2. The Balaban J connectivity index is 1.99. The highest BCUT2D eigenvalue weighted by Gasteiger charge is 2.35. The van der Waals surface area contributed by atoms with Crippen LogP contribution in [0, 0.1) is 25.7 Å². The van der Waals surface area contributed by atoms with Crippen LogP contribution in [0.1, 0.15) is 37.8 Å². The fourth-order valence-corrected chi connectivity index (χ4v) is 2.87. The second-order valence-electron chi connectivity index (χ2n) is 6.72. The summed E-state index contributed by atoms with van der Waals surface area (Å²) in [5.41, 5.74) is 3.17. The van der Waals surface area contributed by atoms with Gasteiger partial charge in [-0.15, -0.1) is 0 Å². The minimum Gasteiger partial charge on any atom is -0.356 e. The van der Waals surface area contributed by atoms with Gasteiger partial charge in [0.05, 0.1) is 5.92 Å². The molecule has 120 valence electrons. The lowest BCUT2D eigenvalue weighted by molar-refractivity contribution is -0.126. The van der Waals surface area contributed by atoms with Gasteiger partial charge in [0.1, 0.15) is 0 Å². The van der Waals surface area contributed by atoms with Gasteiger partial charge < -0.3 is 10.2 Å². The van der Waals surface area contributed by atoms with E-state index in [4.69, 9.17) is 0 Å². The van der Waals surface area contributed by atoms with Crippen molar-refractivity contribution in [2.75, 3.05) is 18.0 Å². The number of carbonyl (C=O) groups excluding carboxylic acids is 2. The average molecular weight is 302 g/mol. The Morgan fingerprint density at radius 1 is 1.27 bits per heavy atom. The molecule has 0 spiro atoms. The highest BCUT2D eigenvalue weighted by molar-refractivity contribution is 6.00. The van der Waals surface area contributed by atoms with Crippen molar-refractivity contribution in [1.29, 1.82) is 0 Å². The number of rotatable bonds is 5. The van der Waals surface area contributed by atoms with E-state index in [1.807, 2.05) is 26.0 Å². The SMILES string of the molecule is Cc1cc(C)cc(N2CC(C(=O)NCCC(C)C)CC2=O)c1. The van der Waals surface area contributed by atoms with E-state index in [0.29, 0.717) is 25.4 Å². The number of hydrogen-bond acceptors (Lipinski definition) is 2. The summed E-state index contributed by atoms with van der Waals surface area (Å²) in [6.45, 7) is 9.47. The van der Waals surface area contributed by atoms with Crippen molar-refractivity contribution in [1.82, 2.24) is 5.32 Å². The number of nitrogens with one attached hydrogen (secondary N) is 1. The first-order valence-electron chi connectivity index (χ1n) is 8.03. The van der Waals surface area contributed by atoms with Crippen LogP contribution < -0.4 is 10.2 Å². The number of amides is 2. The molecule has 0 saturated carbocycles. The highest BCUT2D eigenvalue weighted by atomic mass is 16.2. The minimum atomic E-state index is -0.236. The van der Waals surface area contributed by atoms with Crippen LogP contribution >= 0.6 is 0 Å². The van der Waals surface area contributed by atoms with Gasteiger partial charge in [-0.05, 0) is 49.4 Å². The largest absolute Gasteiger partial charge is 0.356 e. The van der Waals surface area contributed by atoms with Crippen molar-refractivity contribution in [3.63, 3.8) is 0 Å². The lowest BCUT2D eigenvalue weighted by atomic mass is 10.1. The highest BCUT2D eigenvalue weighted by Crippen LogP contribution is 2.27. The van der Waals surface area contributed by atoms with Crippen molar-refractivity contribution in [3.05, 3.63) is 29.3 Å². The van der Waals surface area contributed by atoms with Crippen LogP contribution in [0.15, 0.2) is 18.2 Å². The molecule has 1 aliphatic rings. The van der Waals surface area contributed by atoms with E-state index in [2.05, 4.69) is 25.2 Å². The second-order valence-corrected chi connectivity index (χ2v) is 6.72. The standard InChI is InChI=1S/C18H26N2O2/c1-12(2)5-6-19-18(22)15-10-17(21)20(11-15)16-8-13(3)7-14(4)9-16/h7-9,12,15H,5-6,10-11H2,1-4H3,(H,19,22). The Bertz CT molecular complexity index is 546. The Labute approximate surface area is 132 Å². The van der Waals surface area contributed by atoms with Crippen LogP contribution in [0.2, 0.25) is 0 Å². The third-order valence-corrected chi connectivity index (χ3v) is 4.03. The van der Waals surface area contributed by atoms with E-state index in [-0.39, 0.29) is 17.7 Å². The average Bonchev–Trinajstić information content (AvgIpc) is 2.79. The lowest BCUT2D eigenvalue weighted by Gasteiger charge is -2.18. The molecule has 1 atom stereocenters. The predicted octanol–water partition coefficient (Wildman–Crippen LogP) is 2.82. The molecule has 2 rings (SSSR count). The van der Waals surface area contributed by atoms with Gasteiger partial charge in [-0.1, -0.05) is 19.9 Å². The van der Waals surface area contributed by atoms with Gasteiger partial charge in [0.25, 0.3) is 0 Å². The monoisotopic (exact) mass is 302 g/mol. The van der Waals surface area contributed by atoms with Crippen molar-refractivity contribution >= 4 is 17.5 Å². The molecule has 0 aliphatic carbocycles. The zero-order chi connectivity index (χ0) is 16.3. The number of aryl methyl sites for hydroxylation is 2. The van der Waals surface area contributed by atoms with E-state index in [9.17, 15) is 9.59 Å². The summed E-state index contributed by atoms with van der Waals surface area (Å²) in [6, 6.07) is 6.09. The van der Waals surface area contributed by atoms with Crippen molar-refractivity contribution in [2.24, 2.45) is 11.8 Å². The normalized spacial score (nSPS) is 18.1. The summed E-state index contributed by atoms with van der Waals surface area (Å²) in [4.78, 5) is 26.2. The van der Waals surface area contributed by atoms with E-state index in [1.165, 1.54) is 0 Å². The van der Waals surface area contributed by atoms with Gasteiger partial charge in [0, 0.05) is 25.2 Å². The lowest BCUT2D eigenvalue weighted by Crippen LogP contribution is -2.33. The van der Waals surface area contributed by atoms with E-state index in [1.54, 1.807) is 4.90 Å². The van der Waals surface area contributed by atoms with Crippen LogP contribution in [0.25, 0.3) is 0 Å². The number of benzene rings is 1. The molecule has 1 unspecified atom stereocenters. The second kappa shape index (κ2) is 6.95. The van der Waals surface area contributed by atoms with Gasteiger partial charge in [0.2, 0.25) is 11.8 Å². The summed E-state index contributed by atoms with van der Waals surface area (Å²) in [5, 5.41) is 2.95. The maximum absolute atomic E-state index is 12.2. The molecule has 1 aliphatic heterocycles. The summed E-state index contributed by atoms with van der Waals surface area (Å²) in [6.07, 6.45) is 1.27. The molecule has 0 aromatic heterocycles. The fraction of sp³-hybridized carbons (Fsp3) is 0.556. The molecule has 1 fully saturated rings. The predicted molar refractivity (Wildman–Crippen MR) is 88.8 cm³/mol. The molecule has 1 N–H and O–H groups in total. The Morgan fingerprint density at radius 2 is 1.91 bits per heavy atom. The number of carbonyl (C=O) groups is 2. The van der Waals surface area contributed by atoms with Gasteiger partial charge in [-0.25, -0.2) is 0 Å². The summed E-state index contributed by atoms with van der Waals surface area (Å²) in [5.74, 6) is 0.368. The van der Waals surface area contributed by atoms with Crippen molar-refractivity contribution in [2.45, 2.75) is 40.5 Å². The van der Waals surface area contributed by atoms with Crippen LogP contribution in [0.5, 0.6) is 0 Å². The molecule has 2 amide bonds. The first-order valence-corrected chi connectivity index (χ1v) is 8.03. The fourth-order valence-electron chi connectivity index (χ4n) is 2.87. The van der Waals surface area contributed by atoms with Gasteiger partial charge in [-0.3, -0.25) is 9.59 Å². The summed E-state index contributed by atoms with van der Waals surface area (Å²) >= 11 is 0. The Morgan fingerprint density at radius 3 is 2.50 bits per heavy atom. The molecule has 1 aromatic rings. The first kappa shape index (κ1) is 16.5. The van der Waals surface area contributed by atoms with E-state index < -0.39 is 0 Å². The topological polar surface area (TPSA) is 49.4 Å². The maximum Gasteiger partial charge on any atom is 0.227 e. The number of anilines is 1. The van der Waals surface area contributed by atoms with Crippen LogP contribution in [-0.4, -0.2) is 24.9 Å². The van der Waals surface area contributed by atoms with Crippen molar-refractivity contribution < 1.29 is 9.59 Å². The van der Waals surface area contributed by atoms with E-state index in [0.717, 1.165) is 23.2 Å².